The molecule has 0 aromatic heterocycles. The van der Waals surface area contributed by atoms with Gasteiger partial charge in [-0.25, -0.2) is 0 Å². The molecule has 0 aliphatic heterocycles. The first kappa shape index (κ1) is 13.7. The highest BCUT2D eigenvalue weighted by Crippen LogP contribution is 2.26. The summed E-state index contributed by atoms with van der Waals surface area (Å²) in [5.74, 6) is 0. The van der Waals surface area contributed by atoms with Crippen molar-refractivity contribution in [2.45, 2.75) is 40.0 Å². The Kier molecular flexibility index (Phi) is 4.62. The fraction of sp³-hybridized carbons (Fsp3) is 0.333. The Balaban J connectivity index is 2.36. The monoisotopic (exact) mass is 253 g/mol. The molecule has 2 rings (SSSR count). The van der Waals surface area contributed by atoms with Crippen LogP contribution in [-0.4, -0.2) is 0 Å². The van der Waals surface area contributed by atoms with E-state index in [9.17, 15) is 0 Å². The molecule has 0 heterocycles. The summed E-state index contributed by atoms with van der Waals surface area (Å²) < 4.78 is 0. The van der Waals surface area contributed by atoms with E-state index in [2.05, 4.69) is 68.6 Å². The Bertz CT molecular complexity index is 521. The van der Waals surface area contributed by atoms with Crippen LogP contribution < -0.4 is 5.32 Å². The van der Waals surface area contributed by atoms with Gasteiger partial charge in [0.05, 0.1) is 0 Å². The first-order chi connectivity index (χ1) is 9.28. The van der Waals surface area contributed by atoms with Crippen LogP contribution in [0.4, 0.5) is 11.4 Å². The van der Waals surface area contributed by atoms with Crippen LogP contribution in [0.2, 0.25) is 0 Å². The van der Waals surface area contributed by atoms with Crippen molar-refractivity contribution in [3.05, 3.63) is 59.2 Å². The van der Waals surface area contributed by atoms with Crippen LogP contribution in [0.1, 0.15) is 37.5 Å². The lowest BCUT2D eigenvalue weighted by atomic mass is 10.0. The first-order valence-corrected chi connectivity index (χ1v) is 7.25. The highest BCUT2D eigenvalue weighted by molar-refractivity contribution is 5.67. The van der Waals surface area contributed by atoms with Crippen LogP contribution in [-0.2, 0) is 19.3 Å². The molecule has 1 N–H and O–H groups in total. The largest absolute Gasteiger partial charge is 0.355 e. The van der Waals surface area contributed by atoms with E-state index in [4.69, 9.17) is 0 Å². The average molecular weight is 253 g/mol. The standard InChI is InChI=1S/C18H23N/c1-4-14-9-7-12-17(13-14)19-18-15(5-2)10-8-11-16(18)6-3/h7-13,19H,4-6H2,1-3H3. The lowest BCUT2D eigenvalue weighted by Gasteiger charge is -2.16. The van der Waals surface area contributed by atoms with E-state index in [1.54, 1.807) is 0 Å². The lowest BCUT2D eigenvalue weighted by molar-refractivity contribution is 1.09. The molecule has 2 aromatic carbocycles. The zero-order valence-electron chi connectivity index (χ0n) is 12.2. The van der Waals surface area contributed by atoms with Gasteiger partial charge in [-0.05, 0) is 48.1 Å². The maximum absolute atomic E-state index is 3.62. The van der Waals surface area contributed by atoms with E-state index in [0.29, 0.717) is 0 Å². The molecule has 0 radical (unpaired) electrons. The molecule has 0 atom stereocenters. The maximum Gasteiger partial charge on any atom is 0.0449 e. The van der Waals surface area contributed by atoms with Gasteiger partial charge >= 0.3 is 0 Å². The van der Waals surface area contributed by atoms with Gasteiger partial charge in [-0.1, -0.05) is 51.1 Å². The lowest BCUT2D eigenvalue weighted by Crippen LogP contribution is -2.00. The van der Waals surface area contributed by atoms with Crippen molar-refractivity contribution < 1.29 is 0 Å². The third-order valence-corrected chi connectivity index (χ3v) is 3.60. The predicted octanol–water partition coefficient (Wildman–Crippen LogP) is 5.12. The summed E-state index contributed by atoms with van der Waals surface area (Å²) in [6.07, 6.45) is 3.19. The van der Waals surface area contributed by atoms with Crippen LogP contribution >= 0.6 is 0 Å². The normalized spacial score (nSPS) is 10.5. The molecule has 0 aliphatic rings. The second-order valence-corrected chi connectivity index (χ2v) is 4.84. The van der Waals surface area contributed by atoms with Gasteiger partial charge in [-0.15, -0.1) is 0 Å². The van der Waals surface area contributed by atoms with Crippen LogP contribution in [0.5, 0.6) is 0 Å². The highest BCUT2D eigenvalue weighted by atomic mass is 14.9. The second-order valence-electron chi connectivity index (χ2n) is 4.84. The third-order valence-electron chi connectivity index (χ3n) is 3.60. The average Bonchev–Trinajstić information content (AvgIpc) is 2.47. The Morgan fingerprint density at radius 1 is 0.789 bits per heavy atom. The molecule has 19 heavy (non-hydrogen) atoms. The van der Waals surface area contributed by atoms with E-state index in [0.717, 1.165) is 19.3 Å². The van der Waals surface area contributed by atoms with E-state index in [1.165, 1.54) is 28.1 Å². The minimum absolute atomic E-state index is 1.06. The molecule has 2 aromatic rings. The minimum Gasteiger partial charge on any atom is -0.355 e. The zero-order chi connectivity index (χ0) is 13.7. The molecule has 0 fully saturated rings. The van der Waals surface area contributed by atoms with Crippen LogP contribution in [0, 0.1) is 0 Å². The van der Waals surface area contributed by atoms with E-state index in [1.807, 2.05) is 0 Å². The molecular weight excluding hydrogens is 230 g/mol. The highest BCUT2D eigenvalue weighted by Gasteiger charge is 2.06. The molecule has 100 valence electrons. The van der Waals surface area contributed by atoms with Crippen molar-refractivity contribution in [3.8, 4) is 0 Å². The topological polar surface area (TPSA) is 12.0 Å². The quantitative estimate of drug-likeness (QED) is 0.780. The molecule has 1 nitrogen and oxygen atoms in total. The fourth-order valence-electron chi connectivity index (χ4n) is 2.42. The van der Waals surface area contributed by atoms with Gasteiger partial charge in [0.25, 0.3) is 0 Å². The molecule has 0 spiro atoms. The molecule has 0 unspecified atom stereocenters. The first-order valence-electron chi connectivity index (χ1n) is 7.25. The molecule has 0 aliphatic carbocycles. The Labute approximate surface area is 116 Å². The van der Waals surface area contributed by atoms with Crippen LogP contribution in [0.25, 0.3) is 0 Å². The van der Waals surface area contributed by atoms with Gasteiger partial charge in [0, 0.05) is 11.4 Å². The SMILES string of the molecule is CCc1cccc(Nc2c(CC)cccc2CC)c1. The van der Waals surface area contributed by atoms with E-state index < -0.39 is 0 Å². The Hall–Kier alpha value is -1.76. The summed E-state index contributed by atoms with van der Waals surface area (Å²) in [5.41, 5.74) is 6.63. The van der Waals surface area contributed by atoms with Gasteiger partial charge in [-0.2, -0.15) is 0 Å². The number of para-hydroxylation sites is 1. The number of hydrogen-bond donors (Lipinski definition) is 1. The van der Waals surface area contributed by atoms with Crippen molar-refractivity contribution in [2.75, 3.05) is 5.32 Å². The number of aryl methyl sites for hydroxylation is 3. The fourth-order valence-corrected chi connectivity index (χ4v) is 2.42. The third kappa shape index (κ3) is 3.17. The summed E-state index contributed by atoms with van der Waals surface area (Å²) in [6.45, 7) is 6.61. The maximum atomic E-state index is 3.62. The summed E-state index contributed by atoms with van der Waals surface area (Å²) in [4.78, 5) is 0. The van der Waals surface area contributed by atoms with Crippen molar-refractivity contribution in [1.82, 2.24) is 0 Å². The van der Waals surface area contributed by atoms with Gasteiger partial charge in [0.1, 0.15) is 0 Å². The summed E-state index contributed by atoms with van der Waals surface area (Å²) in [7, 11) is 0. The Morgan fingerprint density at radius 2 is 1.42 bits per heavy atom. The van der Waals surface area contributed by atoms with Crippen molar-refractivity contribution in [2.24, 2.45) is 0 Å². The van der Waals surface area contributed by atoms with Crippen LogP contribution in [0.3, 0.4) is 0 Å². The molecule has 0 saturated heterocycles. The molecular formula is C18H23N. The van der Waals surface area contributed by atoms with Crippen LogP contribution in [0.15, 0.2) is 42.5 Å². The minimum atomic E-state index is 1.06. The van der Waals surface area contributed by atoms with Gasteiger partial charge in [0.2, 0.25) is 0 Å². The number of hydrogen-bond acceptors (Lipinski definition) is 1. The predicted molar refractivity (Wildman–Crippen MR) is 84.3 cm³/mol. The second kappa shape index (κ2) is 6.42. The number of benzene rings is 2. The molecule has 0 saturated carbocycles. The van der Waals surface area contributed by atoms with Crippen molar-refractivity contribution >= 4 is 11.4 Å². The van der Waals surface area contributed by atoms with Gasteiger partial charge < -0.3 is 5.32 Å². The molecule has 0 bridgehead atoms. The smallest absolute Gasteiger partial charge is 0.0449 e. The molecule has 0 amide bonds. The molecule has 1 heteroatoms. The number of anilines is 2. The number of rotatable bonds is 5. The van der Waals surface area contributed by atoms with Crippen molar-refractivity contribution in [1.29, 1.82) is 0 Å². The summed E-state index contributed by atoms with van der Waals surface area (Å²) in [6, 6.07) is 15.3. The van der Waals surface area contributed by atoms with Gasteiger partial charge in [-0.3, -0.25) is 0 Å². The zero-order valence-corrected chi connectivity index (χ0v) is 12.2. The van der Waals surface area contributed by atoms with E-state index in [-0.39, 0.29) is 0 Å². The Morgan fingerprint density at radius 3 is 2.00 bits per heavy atom. The summed E-state index contributed by atoms with van der Waals surface area (Å²) >= 11 is 0. The number of nitrogens with one attached hydrogen (secondary N) is 1. The van der Waals surface area contributed by atoms with Gasteiger partial charge in [0.15, 0.2) is 0 Å². The van der Waals surface area contributed by atoms with E-state index >= 15 is 0 Å². The summed E-state index contributed by atoms with van der Waals surface area (Å²) in [5, 5.41) is 3.62. The van der Waals surface area contributed by atoms with Crippen molar-refractivity contribution in [3.63, 3.8) is 0 Å².